The van der Waals surface area contributed by atoms with Crippen molar-refractivity contribution in [3.05, 3.63) is 41.0 Å². The fourth-order valence-electron chi connectivity index (χ4n) is 1.63. The third kappa shape index (κ3) is 2.33. The van der Waals surface area contributed by atoms with Crippen LogP contribution in [-0.4, -0.2) is 4.98 Å². The molecule has 0 bridgehead atoms. The third-order valence-corrected chi connectivity index (χ3v) is 3.60. The Morgan fingerprint density at radius 1 is 1.19 bits per heavy atom. The second-order valence-electron chi connectivity index (χ2n) is 5.07. The summed E-state index contributed by atoms with van der Waals surface area (Å²) in [6.45, 7) is 8.76. The molecular weight excluding hydrogens is 214 g/mol. The molecule has 0 saturated carbocycles. The van der Waals surface area contributed by atoms with Gasteiger partial charge < -0.3 is 0 Å². The van der Waals surface area contributed by atoms with Crippen molar-refractivity contribution in [3.8, 4) is 10.4 Å². The van der Waals surface area contributed by atoms with E-state index in [1.54, 1.807) is 11.3 Å². The number of nitrogens with zero attached hydrogens (tertiary/aromatic N) is 1. The topological polar surface area (TPSA) is 12.9 Å². The second-order valence-corrected chi connectivity index (χ2v) is 6.31. The first-order valence-electron chi connectivity index (χ1n) is 5.50. The van der Waals surface area contributed by atoms with Crippen molar-refractivity contribution >= 4 is 11.3 Å². The summed E-state index contributed by atoms with van der Waals surface area (Å²) in [5, 5.41) is 1.12. The highest BCUT2D eigenvalue weighted by Crippen LogP contribution is 2.30. The Morgan fingerprint density at radius 2 is 1.94 bits per heavy atom. The number of aromatic nitrogens is 1. The van der Waals surface area contributed by atoms with Gasteiger partial charge in [0.05, 0.1) is 9.88 Å². The molecule has 2 rings (SSSR count). The molecule has 0 unspecified atom stereocenters. The molecule has 0 atom stereocenters. The van der Waals surface area contributed by atoms with Gasteiger partial charge in [0.15, 0.2) is 0 Å². The number of thiazole rings is 1. The molecule has 0 aliphatic heterocycles. The number of aryl methyl sites for hydroxylation is 1. The fourth-order valence-corrected chi connectivity index (χ4v) is 2.41. The van der Waals surface area contributed by atoms with Crippen molar-refractivity contribution < 1.29 is 0 Å². The average Bonchev–Trinajstić information content (AvgIpc) is 2.64. The molecule has 0 aliphatic carbocycles. The molecule has 84 valence electrons. The first kappa shape index (κ1) is 11.3. The summed E-state index contributed by atoms with van der Waals surface area (Å²) in [6.07, 6.45) is 1.96. The van der Waals surface area contributed by atoms with E-state index in [9.17, 15) is 0 Å². The number of benzene rings is 1. The molecule has 0 fully saturated rings. The van der Waals surface area contributed by atoms with Gasteiger partial charge in [-0.25, -0.2) is 4.98 Å². The zero-order valence-corrected chi connectivity index (χ0v) is 11.1. The lowest BCUT2D eigenvalue weighted by atomic mass is 9.86. The largest absolute Gasteiger partial charge is 0.249 e. The SMILES string of the molecule is Cc1ncc(-c2cccc(C(C)(C)C)c2)s1. The van der Waals surface area contributed by atoms with Gasteiger partial charge in [-0.1, -0.05) is 39.0 Å². The predicted octanol–water partition coefficient (Wildman–Crippen LogP) is 4.42. The predicted molar refractivity (Wildman–Crippen MR) is 71.0 cm³/mol. The summed E-state index contributed by atoms with van der Waals surface area (Å²) in [4.78, 5) is 5.56. The summed E-state index contributed by atoms with van der Waals surface area (Å²) in [5.41, 5.74) is 2.85. The smallest absolute Gasteiger partial charge is 0.0900 e. The molecule has 0 spiro atoms. The van der Waals surface area contributed by atoms with E-state index in [1.165, 1.54) is 16.0 Å². The summed E-state index contributed by atoms with van der Waals surface area (Å²) < 4.78 is 0. The van der Waals surface area contributed by atoms with Gasteiger partial charge in [-0.3, -0.25) is 0 Å². The van der Waals surface area contributed by atoms with Crippen molar-refractivity contribution in [1.29, 1.82) is 0 Å². The Balaban J connectivity index is 2.44. The Hall–Kier alpha value is -1.15. The van der Waals surface area contributed by atoms with E-state index in [1.807, 2.05) is 13.1 Å². The molecule has 0 aliphatic rings. The van der Waals surface area contributed by atoms with Crippen molar-refractivity contribution in [1.82, 2.24) is 4.98 Å². The maximum absolute atomic E-state index is 4.30. The van der Waals surface area contributed by atoms with Crippen LogP contribution in [0.3, 0.4) is 0 Å². The molecule has 0 saturated heterocycles. The highest BCUT2D eigenvalue weighted by atomic mass is 32.1. The molecule has 0 radical (unpaired) electrons. The highest BCUT2D eigenvalue weighted by Gasteiger charge is 2.14. The number of rotatable bonds is 1. The lowest BCUT2D eigenvalue weighted by Crippen LogP contribution is -2.10. The summed E-state index contributed by atoms with van der Waals surface area (Å²) in [7, 11) is 0. The molecule has 0 amide bonds. The normalized spacial score (nSPS) is 11.8. The van der Waals surface area contributed by atoms with Crippen LogP contribution in [0.5, 0.6) is 0 Å². The first-order chi connectivity index (χ1) is 7.47. The third-order valence-electron chi connectivity index (χ3n) is 2.63. The highest BCUT2D eigenvalue weighted by molar-refractivity contribution is 7.15. The number of hydrogen-bond donors (Lipinski definition) is 0. The summed E-state index contributed by atoms with van der Waals surface area (Å²) >= 11 is 1.75. The Kier molecular flexibility index (Phi) is 2.85. The van der Waals surface area contributed by atoms with E-state index in [2.05, 4.69) is 50.0 Å². The minimum atomic E-state index is 0.204. The van der Waals surface area contributed by atoms with Crippen LogP contribution in [0, 0.1) is 6.92 Å². The Bertz CT molecular complexity index is 491. The monoisotopic (exact) mass is 231 g/mol. The van der Waals surface area contributed by atoms with Gasteiger partial charge in [-0.05, 0) is 29.5 Å². The van der Waals surface area contributed by atoms with Gasteiger partial charge in [-0.2, -0.15) is 0 Å². The molecule has 2 aromatic rings. The maximum atomic E-state index is 4.30. The molecule has 1 heterocycles. The quantitative estimate of drug-likeness (QED) is 0.708. The van der Waals surface area contributed by atoms with E-state index in [0.29, 0.717) is 0 Å². The van der Waals surface area contributed by atoms with E-state index in [4.69, 9.17) is 0 Å². The van der Waals surface area contributed by atoms with Crippen LogP contribution in [0.4, 0.5) is 0 Å². The van der Waals surface area contributed by atoms with Gasteiger partial charge in [0.1, 0.15) is 0 Å². The summed E-state index contributed by atoms with van der Waals surface area (Å²) in [5.74, 6) is 0. The zero-order valence-electron chi connectivity index (χ0n) is 10.2. The Morgan fingerprint density at radius 3 is 2.50 bits per heavy atom. The lowest BCUT2D eigenvalue weighted by molar-refractivity contribution is 0.590. The molecule has 2 heteroatoms. The van der Waals surface area contributed by atoms with Crippen molar-refractivity contribution in [2.24, 2.45) is 0 Å². The maximum Gasteiger partial charge on any atom is 0.0900 e. The molecule has 1 aromatic heterocycles. The van der Waals surface area contributed by atoms with Crippen LogP contribution < -0.4 is 0 Å². The van der Waals surface area contributed by atoms with E-state index < -0.39 is 0 Å². The van der Waals surface area contributed by atoms with Crippen LogP contribution in [0.1, 0.15) is 31.3 Å². The van der Waals surface area contributed by atoms with Crippen LogP contribution in [0.25, 0.3) is 10.4 Å². The van der Waals surface area contributed by atoms with Gasteiger partial charge in [0.25, 0.3) is 0 Å². The summed E-state index contributed by atoms with van der Waals surface area (Å²) in [6, 6.07) is 8.75. The van der Waals surface area contributed by atoms with Gasteiger partial charge in [-0.15, -0.1) is 11.3 Å². The van der Waals surface area contributed by atoms with Crippen molar-refractivity contribution in [2.75, 3.05) is 0 Å². The van der Waals surface area contributed by atoms with Gasteiger partial charge in [0, 0.05) is 6.20 Å². The zero-order chi connectivity index (χ0) is 11.8. The second kappa shape index (κ2) is 4.02. The fraction of sp³-hybridized carbons (Fsp3) is 0.357. The van der Waals surface area contributed by atoms with Gasteiger partial charge in [0.2, 0.25) is 0 Å². The molecule has 16 heavy (non-hydrogen) atoms. The molecule has 1 aromatic carbocycles. The average molecular weight is 231 g/mol. The van der Waals surface area contributed by atoms with Crippen LogP contribution in [-0.2, 0) is 5.41 Å². The Labute approximate surface area is 101 Å². The molecule has 0 N–H and O–H groups in total. The lowest BCUT2D eigenvalue weighted by Gasteiger charge is -2.19. The first-order valence-corrected chi connectivity index (χ1v) is 6.32. The minimum Gasteiger partial charge on any atom is -0.249 e. The van der Waals surface area contributed by atoms with Crippen molar-refractivity contribution in [3.63, 3.8) is 0 Å². The van der Waals surface area contributed by atoms with Crippen molar-refractivity contribution in [2.45, 2.75) is 33.1 Å². The molecular formula is C14H17NS. The van der Waals surface area contributed by atoms with E-state index >= 15 is 0 Å². The van der Waals surface area contributed by atoms with Crippen LogP contribution >= 0.6 is 11.3 Å². The molecule has 1 nitrogen and oxygen atoms in total. The van der Waals surface area contributed by atoms with Crippen LogP contribution in [0.15, 0.2) is 30.5 Å². The van der Waals surface area contributed by atoms with E-state index in [-0.39, 0.29) is 5.41 Å². The standard InChI is InChI=1S/C14H17NS/c1-10-15-9-13(16-10)11-6-5-7-12(8-11)14(2,3)4/h5-9H,1-4H3. The minimum absolute atomic E-state index is 0.204. The number of hydrogen-bond acceptors (Lipinski definition) is 2. The van der Waals surface area contributed by atoms with Gasteiger partial charge >= 0.3 is 0 Å². The van der Waals surface area contributed by atoms with E-state index in [0.717, 1.165) is 5.01 Å². The van der Waals surface area contributed by atoms with Crippen LogP contribution in [0.2, 0.25) is 0 Å².